The molecule has 1 aliphatic heterocycles. The molecule has 0 saturated carbocycles. The van der Waals surface area contributed by atoms with Crippen molar-refractivity contribution in [2.24, 2.45) is 5.73 Å². The van der Waals surface area contributed by atoms with Crippen molar-refractivity contribution in [3.63, 3.8) is 0 Å². The van der Waals surface area contributed by atoms with E-state index in [1.165, 1.54) is 5.56 Å². The molecule has 0 radical (unpaired) electrons. The summed E-state index contributed by atoms with van der Waals surface area (Å²) in [4.78, 5) is 11.4. The molecule has 0 spiro atoms. The summed E-state index contributed by atoms with van der Waals surface area (Å²) >= 11 is 0. The molecule has 0 saturated heterocycles. The summed E-state index contributed by atoms with van der Waals surface area (Å²) in [6, 6.07) is 5.87. The number of anilines is 1. The van der Waals surface area contributed by atoms with E-state index >= 15 is 0 Å². The molecule has 98 valence electrons. The van der Waals surface area contributed by atoms with Gasteiger partial charge >= 0.3 is 0 Å². The van der Waals surface area contributed by atoms with Crippen LogP contribution < -0.4 is 15.8 Å². The molecule has 0 fully saturated rings. The molecule has 0 aliphatic carbocycles. The monoisotopic (exact) mass is 248 g/mol. The Kier molecular flexibility index (Phi) is 3.30. The number of hydrogen-bond acceptors (Lipinski definition) is 3. The molecule has 1 aromatic carbocycles. The number of fused-ring (bicyclic) bond motifs is 1. The topological polar surface area (TPSA) is 64.3 Å². The minimum absolute atomic E-state index is 0.0988. The Balaban J connectivity index is 2.13. The normalized spacial score (nSPS) is 18.9. The van der Waals surface area contributed by atoms with Crippen LogP contribution in [0.5, 0.6) is 5.75 Å². The zero-order valence-corrected chi connectivity index (χ0v) is 11.1. The highest BCUT2D eigenvalue weighted by atomic mass is 16.5. The van der Waals surface area contributed by atoms with Crippen LogP contribution in [-0.4, -0.2) is 17.6 Å². The minimum Gasteiger partial charge on any atom is -0.479 e. The molecule has 1 aromatic rings. The Morgan fingerprint density at radius 1 is 1.44 bits per heavy atom. The first-order valence-electron chi connectivity index (χ1n) is 6.24. The molecular weight excluding hydrogens is 228 g/mol. The van der Waals surface area contributed by atoms with Crippen LogP contribution in [0.1, 0.15) is 32.8 Å². The lowest BCUT2D eigenvalue weighted by atomic mass is 9.96. The summed E-state index contributed by atoms with van der Waals surface area (Å²) in [6.45, 7) is 5.78. The fourth-order valence-corrected chi connectivity index (χ4v) is 1.87. The van der Waals surface area contributed by atoms with Crippen molar-refractivity contribution in [1.82, 2.24) is 0 Å². The number of rotatable bonds is 3. The Labute approximate surface area is 108 Å². The molecule has 1 heterocycles. The molecule has 1 unspecified atom stereocenters. The lowest BCUT2D eigenvalue weighted by molar-refractivity contribution is -0.122. The molecular formula is C14H20N2O2. The lowest BCUT2D eigenvalue weighted by Gasteiger charge is -2.24. The van der Waals surface area contributed by atoms with Crippen molar-refractivity contribution in [3.05, 3.63) is 23.8 Å². The van der Waals surface area contributed by atoms with E-state index in [9.17, 15) is 4.79 Å². The number of carbonyl (C=O) groups is 1. The molecule has 18 heavy (non-hydrogen) atoms. The second kappa shape index (κ2) is 4.61. The van der Waals surface area contributed by atoms with Crippen molar-refractivity contribution in [2.45, 2.75) is 45.3 Å². The van der Waals surface area contributed by atoms with Crippen LogP contribution >= 0.6 is 0 Å². The fourth-order valence-electron chi connectivity index (χ4n) is 1.87. The average Bonchev–Trinajstić information content (AvgIpc) is 2.27. The van der Waals surface area contributed by atoms with Crippen molar-refractivity contribution in [3.8, 4) is 5.75 Å². The molecule has 4 nitrogen and oxygen atoms in total. The summed E-state index contributed by atoms with van der Waals surface area (Å²) in [7, 11) is 0. The van der Waals surface area contributed by atoms with Crippen molar-refractivity contribution in [2.75, 3.05) is 5.32 Å². The van der Waals surface area contributed by atoms with Gasteiger partial charge in [0.25, 0.3) is 5.91 Å². The maximum atomic E-state index is 11.4. The second-order valence-corrected chi connectivity index (χ2v) is 5.57. The van der Waals surface area contributed by atoms with Crippen molar-refractivity contribution >= 4 is 11.6 Å². The molecule has 2 rings (SSSR count). The maximum absolute atomic E-state index is 11.4. The number of benzene rings is 1. The number of hydrogen-bond donors (Lipinski definition) is 2. The predicted molar refractivity (Wildman–Crippen MR) is 71.7 cm³/mol. The summed E-state index contributed by atoms with van der Waals surface area (Å²) in [5, 5.41) is 2.82. The van der Waals surface area contributed by atoms with Gasteiger partial charge in [-0.15, -0.1) is 0 Å². The Morgan fingerprint density at radius 2 is 2.17 bits per heavy atom. The quantitative estimate of drug-likeness (QED) is 0.860. The number of amides is 1. The number of nitrogens with one attached hydrogen (secondary N) is 1. The standard InChI is InChI=1S/C14H20N2O2/c1-9-13(17)16-11-5-4-10(8-12(11)18-9)6-7-14(2,3)15/h4-5,8-9H,6-7,15H2,1-3H3,(H,16,17). The van der Waals surface area contributed by atoms with E-state index in [0.717, 1.165) is 24.3 Å². The number of carbonyl (C=O) groups excluding carboxylic acids is 1. The van der Waals surface area contributed by atoms with Gasteiger partial charge in [0.1, 0.15) is 5.75 Å². The van der Waals surface area contributed by atoms with E-state index < -0.39 is 6.10 Å². The third-order valence-corrected chi connectivity index (χ3v) is 3.03. The van der Waals surface area contributed by atoms with E-state index in [4.69, 9.17) is 10.5 Å². The van der Waals surface area contributed by atoms with Gasteiger partial charge in [-0.2, -0.15) is 0 Å². The zero-order valence-electron chi connectivity index (χ0n) is 11.1. The van der Waals surface area contributed by atoms with Gasteiger partial charge in [-0.3, -0.25) is 4.79 Å². The predicted octanol–water partition coefficient (Wildman–Crippen LogP) is 2.08. The van der Waals surface area contributed by atoms with Crippen LogP contribution in [0.15, 0.2) is 18.2 Å². The molecule has 0 bridgehead atoms. The first kappa shape index (κ1) is 12.9. The van der Waals surface area contributed by atoms with E-state index in [1.54, 1.807) is 6.92 Å². The summed E-state index contributed by atoms with van der Waals surface area (Å²) in [5.41, 5.74) is 7.73. The van der Waals surface area contributed by atoms with Crippen molar-refractivity contribution in [1.29, 1.82) is 0 Å². The van der Waals surface area contributed by atoms with Crippen LogP contribution in [-0.2, 0) is 11.2 Å². The largest absolute Gasteiger partial charge is 0.479 e. The van der Waals surface area contributed by atoms with Crippen LogP contribution in [0.3, 0.4) is 0 Å². The van der Waals surface area contributed by atoms with Gasteiger partial charge in [-0.25, -0.2) is 0 Å². The molecule has 1 amide bonds. The SMILES string of the molecule is CC1Oc2cc(CCC(C)(C)N)ccc2NC1=O. The smallest absolute Gasteiger partial charge is 0.265 e. The first-order chi connectivity index (χ1) is 8.35. The van der Waals surface area contributed by atoms with Gasteiger partial charge in [0.15, 0.2) is 6.10 Å². The van der Waals surface area contributed by atoms with Gasteiger partial charge in [0.2, 0.25) is 0 Å². The van der Waals surface area contributed by atoms with Gasteiger partial charge in [0.05, 0.1) is 5.69 Å². The van der Waals surface area contributed by atoms with E-state index in [-0.39, 0.29) is 11.4 Å². The van der Waals surface area contributed by atoms with E-state index in [1.807, 2.05) is 32.0 Å². The highest BCUT2D eigenvalue weighted by molar-refractivity contribution is 5.97. The molecule has 0 aromatic heterocycles. The molecule has 3 N–H and O–H groups in total. The number of aryl methyl sites for hydroxylation is 1. The maximum Gasteiger partial charge on any atom is 0.265 e. The van der Waals surface area contributed by atoms with Gasteiger partial charge in [-0.1, -0.05) is 6.07 Å². The van der Waals surface area contributed by atoms with Crippen LogP contribution in [0.2, 0.25) is 0 Å². The average molecular weight is 248 g/mol. The Morgan fingerprint density at radius 3 is 2.83 bits per heavy atom. The van der Waals surface area contributed by atoms with E-state index in [2.05, 4.69) is 5.32 Å². The summed E-state index contributed by atoms with van der Waals surface area (Å²) < 4.78 is 5.57. The van der Waals surface area contributed by atoms with Gasteiger partial charge in [0, 0.05) is 5.54 Å². The molecule has 4 heteroatoms. The lowest BCUT2D eigenvalue weighted by Crippen LogP contribution is -2.34. The van der Waals surface area contributed by atoms with Gasteiger partial charge in [-0.05, 0) is 51.3 Å². The van der Waals surface area contributed by atoms with Crippen LogP contribution in [0.4, 0.5) is 5.69 Å². The Hall–Kier alpha value is -1.55. The fraction of sp³-hybridized carbons (Fsp3) is 0.500. The number of ether oxygens (including phenoxy) is 1. The minimum atomic E-state index is -0.432. The number of nitrogens with two attached hydrogens (primary N) is 1. The van der Waals surface area contributed by atoms with Crippen molar-refractivity contribution < 1.29 is 9.53 Å². The first-order valence-corrected chi connectivity index (χ1v) is 6.24. The summed E-state index contributed by atoms with van der Waals surface area (Å²) in [5.74, 6) is 0.646. The molecule has 1 aliphatic rings. The third-order valence-electron chi connectivity index (χ3n) is 3.03. The highest BCUT2D eigenvalue weighted by Crippen LogP contribution is 2.31. The third kappa shape index (κ3) is 3.01. The van der Waals surface area contributed by atoms with Crippen LogP contribution in [0.25, 0.3) is 0 Å². The van der Waals surface area contributed by atoms with E-state index in [0.29, 0.717) is 0 Å². The zero-order chi connectivity index (χ0) is 13.3. The summed E-state index contributed by atoms with van der Waals surface area (Å²) in [6.07, 6.45) is 1.38. The van der Waals surface area contributed by atoms with Crippen LogP contribution in [0, 0.1) is 0 Å². The highest BCUT2D eigenvalue weighted by Gasteiger charge is 2.23. The molecule has 1 atom stereocenters. The second-order valence-electron chi connectivity index (χ2n) is 5.57. The van der Waals surface area contributed by atoms with Gasteiger partial charge < -0.3 is 15.8 Å². The Bertz CT molecular complexity index is 463.